The number of carboxylic acid groups (broad SMARTS) is 1. The molecule has 0 radical (unpaired) electrons. The van der Waals surface area contributed by atoms with Crippen LogP contribution in [0, 0.1) is 0 Å². The van der Waals surface area contributed by atoms with Crippen LogP contribution >= 0.6 is 0 Å². The number of carbonyl (C=O) groups is 1. The average molecular weight is 255 g/mol. The van der Waals surface area contributed by atoms with Crippen molar-refractivity contribution in [3.05, 3.63) is 51.8 Å². The van der Waals surface area contributed by atoms with E-state index in [1.165, 1.54) is 11.6 Å². The molecule has 0 bridgehead atoms. The highest BCUT2D eigenvalue weighted by molar-refractivity contribution is 5.88. The molecule has 3 rings (SSSR count). The molecular weight excluding hydrogens is 242 g/mol. The van der Waals surface area contributed by atoms with Crippen molar-refractivity contribution < 1.29 is 9.90 Å². The van der Waals surface area contributed by atoms with E-state index in [-0.39, 0.29) is 5.56 Å². The molecule has 2 aromatic rings. The third-order valence-corrected chi connectivity index (χ3v) is 3.46. The number of rotatable bonds is 2. The van der Waals surface area contributed by atoms with Crippen LogP contribution in [0.4, 0.5) is 0 Å². The molecule has 1 aliphatic rings. The molecule has 0 saturated heterocycles. The number of aliphatic carboxylic acids is 1. The fraction of sp³-hybridized carbons (Fsp3) is 0.200. The summed E-state index contributed by atoms with van der Waals surface area (Å²) in [5.41, 5.74) is 2.49. The van der Waals surface area contributed by atoms with Crippen molar-refractivity contribution in [1.82, 2.24) is 4.57 Å². The summed E-state index contributed by atoms with van der Waals surface area (Å²) in [4.78, 5) is 22.9. The zero-order valence-corrected chi connectivity index (χ0v) is 10.3. The molecule has 1 aliphatic heterocycles. The van der Waals surface area contributed by atoms with Crippen molar-refractivity contribution in [3.8, 4) is 0 Å². The predicted octanol–water partition coefficient (Wildman–Crippen LogP) is 2.05. The first-order chi connectivity index (χ1) is 9.16. The highest BCUT2D eigenvalue weighted by atomic mass is 16.4. The van der Waals surface area contributed by atoms with Gasteiger partial charge in [0.15, 0.2) is 0 Å². The van der Waals surface area contributed by atoms with Gasteiger partial charge in [0.05, 0.1) is 5.52 Å². The fourth-order valence-corrected chi connectivity index (χ4v) is 2.67. The van der Waals surface area contributed by atoms with E-state index in [1.54, 1.807) is 10.6 Å². The topological polar surface area (TPSA) is 59.3 Å². The Morgan fingerprint density at radius 1 is 1.37 bits per heavy atom. The lowest BCUT2D eigenvalue weighted by Gasteiger charge is -2.19. The first kappa shape index (κ1) is 11.7. The Hall–Kier alpha value is -2.36. The van der Waals surface area contributed by atoms with Crippen LogP contribution in [0.5, 0.6) is 0 Å². The first-order valence-electron chi connectivity index (χ1n) is 6.23. The maximum absolute atomic E-state index is 12.3. The van der Waals surface area contributed by atoms with Gasteiger partial charge in [0.25, 0.3) is 5.56 Å². The third-order valence-electron chi connectivity index (χ3n) is 3.46. The average Bonchev–Trinajstić information content (AvgIpc) is 2.41. The molecule has 0 saturated carbocycles. The Morgan fingerprint density at radius 2 is 2.21 bits per heavy atom. The summed E-state index contributed by atoms with van der Waals surface area (Å²) < 4.78 is 1.76. The van der Waals surface area contributed by atoms with Crippen LogP contribution < -0.4 is 5.56 Å². The lowest BCUT2D eigenvalue weighted by Crippen LogP contribution is -2.26. The molecule has 1 aromatic heterocycles. The normalized spacial score (nSPS) is 14.1. The lowest BCUT2D eigenvalue weighted by atomic mass is 10.00. The summed E-state index contributed by atoms with van der Waals surface area (Å²) in [6.45, 7) is 0.696. The van der Waals surface area contributed by atoms with Gasteiger partial charge < -0.3 is 9.67 Å². The molecule has 0 unspecified atom stereocenters. The summed E-state index contributed by atoms with van der Waals surface area (Å²) >= 11 is 0. The van der Waals surface area contributed by atoms with Crippen LogP contribution in [-0.4, -0.2) is 15.6 Å². The maximum Gasteiger partial charge on any atom is 0.328 e. The third kappa shape index (κ3) is 1.95. The number of carboxylic acids is 1. The molecule has 4 heteroatoms. The molecule has 0 spiro atoms. The second-order valence-corrected chi connectivity index (χ2v) is 4.69. The van der Waals surface area contributed by atoms with Gasteiger partial charge in [0, 0.05) is 18.2 Å². The van der Waals surface area contributed by atoms with Gasteiger partial charge in [0.1, 0.15) is 0 Å². The molecule has 0 fully saturated rings. The molecule has 96 valence electrons. The number of nitrogens with zero attached hydrogens (tertiary/aromatic N) is 1. The molecule has 0 amide bonds. The highest BCUT2D eigenvalue weighted by Crippen LogP contribution is 2.24. The number of benzene rings is 1. The van der Waals surface area contributed by atoms with Gasteiger partial charge >= 0.3 is 5.97 Å². The Morgan fingerprint density at radius 3 is 3.00 bits per heavy atom. The summed E-state index contributed by atoms with van der Waals surface area (Å²) in [6, 6.07) is 7.74. The van der Waals surface area contributed by atoms with E-state index in [2.05, 4.69) is 0 Å². The second-order valence-electron chi connectivity index (χ2n) is 4.69. The van der Waals surface area contributed by atoms with Crippen LogP contribution in [0.15, 0.2) is 35.1 Å². The standard InChI is InChI=1S/C15H13NO3/c17-13(18)7-6-12-9-11-4-1-3-10-5-2-8-16(14(10)11)15(12)19/h1,3-4,6-7,9H,2,5,8H2,(H,17,18)/b7-6-. The van der Waals surface area contributed by atoms with Crippen LogP contribution in [0.25, 0.3) is 17.0 Å². The largest absolute Gasteiger partial charge is 0.478 e. The molecular formula is C15H13NO3. The number of hydrogen-bond acceptors (Lipinski definition) is 2. The first-order valence-corrected chi connectivity index (χ1v) is 6.23. The minimum Gasteiger partial charge on any atom is -0.478 e. The zero-order valence-electron chi connectivity index (χ0n) is 10.3. The summed E-state index contributed by atoms with van der Waals surface area (Å²) in [5.74, 6) is -1.05. The van der Waals surface area contributed by atoms with Gasteiger partial charge in [-0.1, -0.05) is 18.2 Å². The molecule has 19 heavy (non-hydrogen) atoms. The zero-order chi connectivity index (χ0) is 13.4. The van der Waals surface area contributed by atoms with Crippen LogP contribution in [0.3, 0.4) is 0 Å². The van der Waals surface area contributed by atoms with E-state index in [0.717, 1.165) is 29.8 Å². The molecule has 0 aliphatic carbocycles. The van der Waals surface area contributed by atoms with Crippen LogP contribution in [-0.2, 0) is 17.8 Å². The van der Waals surface area contributed by atoms with Gasteiger partial charge in [0.2, 0.25) is 0 Å². The van der Waals surface area contributed by atoms with E-state index in [4.69, 9.17) is 5.11 Å². The van der Waals surface area contributed by atoms with Gasteiger partial charge in [-0.25, -0.2) is 4.79 Å². The SMILES string of the molecule is O=C(O)/C=C\c1cc2cccc3c2n(c1=O)CCC3. The van der Waals surface area contributed by atoms with Crippen molar-refractivity contribution in [2.45, 2.75) is 19.4 Å². The number of aryl methyl sites for hydroxylation is 2. The Balaban J connectivity index is 2.31. The number of para-hydroxylation sites is 1. The number of aromatic nitrogens is 1. The smallest absolute Gasteiger partial charge is 0.328 e. The monoisotopic (exact) mass is 255 g/mol. The summed E-state index contributed by atoms with van der Waals surface area (Å²) in [7, 11) is 0. The Kier molecular flexibility index (Phi) is 2.71. The van der Waals surface area contributed by atoms with Crippen molar-refractivity contribution in [3.63, 3.8) is 0 Å². The van der Waals surface area contributed by atoms with E-state index < -0.39 is 5.97 Å². The van der Waals surface area contributed by atoms with Gasteiger partial charge in [-0.15, -0.1) is 0 Å². The molecule has 2 heterocycles. The number of hydrogen-bond donors (Lipinski definition) is 1. The predicted molar refractivity (Wildman–Crippen MR) is 73.2 cm³/mol. The molecule has 4 nitrogen and oxygen atoms in total. The second kappa shape index (κ2) is 4.39. The van der Waals surface area contributed by atoms with E-state index in [9.17, 15) is 9.59 Å². The van der Waals surface area contributed by atoms with Crippen molar-refractivity contribution in [2.75, 3.05) is 0 Å². The van der Waals surface area contributed by atoms with Crippen molar-refractivity contribution in [1.29, 1.82) is 0 Å². The molecule has 1 aromatic carbocycles. The Labute approximate surface area is 109 Å². The van der Waals surface area contributed by atoms with Crippen LogP contribution in [0.1, 0.15) is 17.5 Å². The minimum absolute atomic E-state index is 0.114. The van der Waals surface area contributed by atoms with Crippen molar-refractivity contribution in [2.24, 2.45) is 0 Å². The number of pyridine rings is 1. The van der Waals surface area contributed by atoms with Gasteiger partial charge in [-0.2, -0.15) is 0 Å². The Bertz CT molecular complexity index is 756. The van der Waals surface area contributed by atoms with E-state index in [0.29, 0.717) is 12.1 Å². The molecule has 0 atom stereocenters. The fourth-order valence-electron chi connectivity index (χ4n) is 2.67. The van der Waals surface area contributed by atoms with Gasteiger partial charge in [-0.05, 0) is 35.9 Å². The quantitative estimate of drug-likeness (QED) is 0.835. The molecule has 1 N–H and O–H groups in total. The van der Waals surface area contributed by atoms with Crippen molar-refractivity contribution >= 4 is 22.9 Å². The maximum atomic E-state index is 12.3. The summed E-state index contributed by atoms with van der Waals surface area (Å²) in [5, 5.41) is 9.65. The lowest BCUT2D eigenvalue weighted by molar-refractivity contribution is -0.131. The van der Waals surface area contributed by atoms with Gasteiger partial charge in [-0.3, -0.25) is 4.79 Å². The van der Waals surface area contributed by atoms with Crippen LogP contribution in [0.2, 0.25) is 0 Å². The highest BCUT2D eigenvalue weighted by Gasteiger charge is 2.14. The van der Waals surface area contributed by atoms with E-state index in [1.807, 2.05) is 18.2 Å². The minimum atomic E-state index is -1.05. The summed E-state index contributed by atoms with van der Waals surface area (Å²) in [6.07, 6.45) is 4.30. The van der Waals surface area contributed by atoms with E-state index >= 15 is 0 Å².